The number of thiocarbonyl (C=S) groups is 1. The van der Waals surface area contributed by atoms with Crippen LogP contribution in [-0.2, 0) is 14.4 Å². The number of amides is 1. The zero-order chi connectivity index (χ0) is 17.9. The lowest BCUT2D eigenvalue weighted by Crippen LogP contribution is -2.50. The fourth-order valence-electron chi connectivity index (χ4n) is 2.10. The predicted molar refractivity (Wildman–Crippen MR) is 84.4 cm³/mol. The van der Waals surface area contributed by atoms with Crippen LogP contribution in [0.25, 0.3) is 6.08 Å². The average Bonchev–Trinajstić information content (AvgIpc) is 2.74. The molecule has 0 unspecified atom stereocenters. The number of hydrogen-bond acceptors (Lipinski definition) is 7. The molecule has 2 rings (SSSR count). The van der Waals surface area contributed by atoms with Crippen LogP contribution in [0.2, 0.25) is 0 Å². The summed E-state index contributed by atoms with van der Waals surface area (Å²) >= 11 is 5.87. The summed E-state index contributed by atoms with van der Waals surface area (Å²) in [6, 6.07) is 3.98. The SMILES string of the molecule is O=C([O-])CC[C@H](C(=O)[O-])N1C(=O)/C(=C\c2cccc(F)c2)SC1=S. The van der Waals surface area contributed by atoms with Gasteiger partial charge in [-0.1, -0.05) is 36.1 Å². The molecule has 1 aromatic rings. The third-order valence-electron chi connectivity index (χ3n) is 3.18. The van der Waals surface area contributed by atoms with Crippen molar-refractivity contribution in [3.8, 4) is 0 Å². The van der Waals surface area contributed by atoms with Crippen molar-refractivity contribution in [3.05, 3.63) is 40.6 Å². The van der Waals surface area contributed by atoms with Gasteiger partial charge < -0.3 is 19.8 Å². The van der Waals surface area contributed by atoms with E-state index in [-0.39, 0.29) is 15.6 Å². The molecule has 0 aromatic heterocycles. The van der Waals surface area contributed by atoms with Gasteiger partial charge in [-0.05, 0) is 36.6 Å². The third-order valence-corrected chi connectivity index (χ3v) is 4.51. The van der Waals surface area contributed by atoms with E-state index < -0.39 is 36.1 Å². The van der Waals surface area contributed by atoms with Crippen molar-refractivity contribution in [2.75, 3.05) is 0 Å². The molecule has 1 aliphatic rings. The fraction of sp³-hybridized carbons (Fsp3) is 0.200. The Morgan fingerprint density at radius 3 is 2.67 bits per heavy atom. The van der Waals surface area contributed by atoms with E-state index in [2.05, 4.69) is 0 Å². The van der Waals surface area contributed by atoms with Gasteiger partial charge in [0.2, 0.25) is 0 Å². The molecule has 24 heavy (non-hydrogen) atoms. The number of carbonyl (C=O) groups excluding carboxylic acids is 3. The topological polar surface area (TPSA) is 101 Å². The smallest absolute Gasteiger partial charge is 0.266 e. The van der Waals surface area contributed by atoms with Crippen LogP contribution in [0.1, 0.15) is 18.4 Å². The fourth-order valence-corrected chi connectivity index (χ4v) is 3.46. The first-order chi connectivity index (χ1) is 11.3. The van der Waals surface area contributed by atoms with Crippen molar-refractivity contribution in [1.29, 1.82) is 0 Å². The first-order valence-corrected chi connectivity index (χ1v) is 7.95. The lowest BCUT2D eigenvalue weighted by Gasteiger charge is -2.27. The molecule has 0 N–H and O–H groups in total. The lowest BCUT2D eigenvalue weighted by atomic mass is 10.1. The van der Waals surface area contributed by atoms with Crippen molar-refractivity contribution < 1.29 is 29.0 Å². The van der Waals surface area contributed by atoms with E-state index >= 15 is 0 Å². The Balaban J connectivity index is 2.26. The Morgan fingerprint density at radius 1 is 1.38 bits per heavy atom. The van der Waals surface area contributed by atoms with Gasteiger partial charge in [0.1, 0.15) is 10.1 Å². The second-order valence-electron chi connectivity index (χ2n) is 4.85. The van der Waals surface area contributed by atoms with Gasteiger partial charge in [-0.25, -0.2) is 4.39 Å². The van der Waals surface area contributed by atoms with Crippen molar-refractivity contribution >= 4 is 52.2 Å². The summed E-state index contributed by atoms with van der Waals surface area (Å²) in [4.78, 5) is 35.1. The highest BCUT2D eigenvalue weighted by Crippen LogP contribution is 2.34. The molecular formula is C15H10FNO5S2-2. The van der Waals surface area contributed by atoms with E-state index in [9.17, 15) is 29.0 Å². The van der Waals surface area contributed by atoms with Gasteiger partial charge >= 0.3 is 0 Å². The van der Waals surface area contributed by atoms with Crippen LogP contribution >= 0.6 is 24.0 Å². The highest BCUT2D eigenvalue weighted by atomic mass is 32.2. The summed E-state index contributed by atoms with van der Waals surface area (Å²) in [6.45, 7) is 0. The lowest BCUT2D eigenvalue weighted by molar-refractivity contribution is -0.311. The highest BCUT2D eigenvalue weighted by molar-refractivity contribution is 8.26. The zero-order valence-electron chi connectivity index (χ0n) is 12.1. The molecule has 0 saturated carbocycles. The summed E-state index contributed by atoms with van der Waals surface area (Å²) in [7, 11) is 0. The molecule has 1 aromatic carbocycles. The monoisotopic (exact) mass is 367 g/mol. The summed E-state index contributed by atoms with van der Waals surface area (Å²) < 4.78 is 13.2. The summed E-state index contributed by atoms with van der Waals surface area (Å²) in [5.74, 6) is -4.23. The van der Waals surface area contributed by atoms with Crippen LogP contribution in [-0.4, -0.2) is 33.1 Å². The molecule has 1 aliphatic heterocycles. The minimum Gasteiger partial charge on any atom is -0.550 e. The van der Waals surface area contributed by atoms with Crippen LogP contribution in [0.15, 0.2) is 29.2 Å². The van der Waals surface area contributed by atoms with E-state index in [1.165, 1.54) is 24.3 Å². The maximum absolute atomic E-state index is 13.2. The van der Waals surface area contributed by atoms with Crippen LogP contribution in [0.5, 0.6) is 0 Å². The Labute approximate surface area is 146 Å². The second-order valence-corrected chi connectivity index (χ2v) is 6.53. The Bertz CT molecular complexity index is 749. The van der Waals surface area contributed by atoms with E-state index in [0.717, 1.165) is 16.7 Å². The standard InChI is InChI=1S/C15H12FNO5S2/c16-9-3-1-2-8(6-9)7-11-13(20)17(15(23)24-11)10(14(21)22)4-5-12(18)19/h1-3,6-7,10H,4-5H2,(H,18,19)(H,21,22)/p-2/b11-7+/t10-/m1/s1. The number of benzene rings is 1. The van der Waals surface area contributed by atoms with E-state index in [1.807, 2.05) is 0 Å². The maximum Gasteiger partial charge on any atom is 0.266 e. The summed E-state index contributed by atoms with van der Waals surface area (Å²) in [5, 5.41) is 21.8. The molecule has 0 aliphatic carbocycles. The number of hydrogen-bond donors (Lipinski definition) is 0. The van der Waals surface area contributed by atoms with Gasteiger partial charge in [0, 0.05) is 5.97 Å². The van der Waals surface area contributed by atoms with Crippen LogP contribution < -0.4 is 10.2 Å². The van der Waals surface area contributed by atoms with Crippen LogP contribution in [0.3, 0.4) is 0 Å². The molecule has 9 heteroatoms. The van der Waals surface area contributed by atoms with E-state index in [4.69, 9.17) is 12.2 Å². The van der Waals surface area contributed by atoms with Gasteiger partial charge in [0.15, 0.2) is 0 Å². The largest absolute Gasteiger partial charge is 0.550 e. The second kappa shape index (κ2) is 7.54. The van der Waals surface area contributed by atoms with Crippen molar-refractivity contribution in [3.63, 3.8) is 0 Å². The minimum atomic E-state index is -1.61. The molecule has 1 fully saturated rings. The Morgan fingerprint density at radius 2 is 2.08 bits per heavy atom. The number of carboxylic acids is 2. The quantitative estimate of drug-likeness (QED) is 0.501. The number of thioether (sulfide) groups is 1. The molecule has 1 amide bonds. The van der Waals surface area contributed by atoms with Gasteiger partial charge in [-0.15, -0.1) is 0 Å². The van der Waals surface area contributed by atoms with Gasteiger partial charge in [-0.2, -0.15) is 0 Å². The third kappa shape index (κ3) is 4.18. The molecule has 1 heterocycles. The molecular weight excluding hydrogens is 357 g/mol. The Kier molecular flexibility index (Phi) is 5.68. The van der Waals surface area contributed by atoms with Gasteiger partial charge in [0.05, 0.1) is 16.9 Å². The van der Waals surface area contributed by atoms with Crippen LogP contribution in [0, 0.1) is 5.82 Å². The van der Waals surface area contributed by atoms with Crippen molar-refractivity contribution in [2.24, 2.45) is 0 Å². The molecule has 0 bridgehead atoms. The number of carboxylic acid groups (broad SMARTS) is 2. The normalized spacial score (nSPS) is 17.4. The molecule has 1 saturated heterocycles. The van der Waals surface area contributed by atoms with Crippen LogP contribution in [0.4, 0.5) is 4.39 Å². The van der Waals surface area contributed by atoms with Crippen molar-refractivity contribution in [2.45, 2.75) is 18.9 Å². The number of nitrogens with zero attached hydrogens (tertiary/aromatic N) is 1. The zero-order valence-corrected chi connectivity index (χ0v) is 13.7. The number of aliphatic carboxylic acids is 2. The summed E-state index contributed by atoms with van der Waals surface area (Å²) in [5.41, 5.74) is 0.412. The van der Waals surface area contributed by atoms with E-state index in [1.54, 1.807) is 6.07 Å². The number of rotatable bonds is 6. The number of halogens is 1. The van der Waals surface area contributed by atoms with Crippen molar-refractivity contribution in [1.82, 2.24) is 4.90 Å². The predicted octanol–water partition coefficient (Wildman–Crippen LogP) is -0.324. The molecule has 0 spiro atoms. The highest BCUT2D eigenvalue weighted by Gasteiger charge is 2.37. The summed E-state index contributed by atoms with van der Waals surface area (Å²) in [6.07, 6.45) is 0.441. The number of carbonyl (C=O) groups is 3. The molecule has 126 valence electrons. The van der Waals surface area contributed by atoms with E-state index in [0.29, 0.717) is 5.56 Å². The first kappa shape index (κ1) is 18.1. The Hall–Kier alpha value is -2.26. The first-order valence-electron chi connectivity index (χ1n) is 6.73. The van der Waals surface area contributed by atoms with Gasteiger partial charge in [-0.3, -0.25) is 9.69 Å². The molecule has 6 nitrogen and oxygen atoms in total. The molecule has 0 radical (unpaired) electrons. The minimum absolute atomic E-state index is 0.0322. The average molecular weight is 367 g/mol. The maximum atomic E-state index is 13.2. The molecule has 1 atom stereocenters. The van der Waals surface area contributed by atoms with Gasteiger partial charge in [0.25, 0.3) is 5.91 Å².